The molecule has 0 atom stereocenters. The fourth-order valence-corrected chi connectivity index (χ4v) is 3.59. The molecule has 0 unspecified atom stereocenters. The molecule has 2 heterocycles. The van der Waals surface area contributed by atoms with Gasteiger partial charge in [-0.2, -0.15) is 0 Å². The number of anilines is 2. The number of nitrogens with zero attached hydrogens (tertiary/aromatic N) is 4. The smallest absolute Gasteiger partial charge is 0.416 e. The Morgan fingerprint density at radius 3 is 2.52 bits per heavy atom. The van der Waals surface area contributed by atoms with Crippen LogP contribution in [0.5, 0.6) is 5.75 Å². The van der Waals surface area contributed by atoms with E-state index in [9.17, 15) is 4.79 Å². The molecule has 3 rings (SSSR count). The van der Waals surface area contributed by atoms with Gasteiger partial charge in [-0.15, -0.1) is 0 Å². The van der Waals surface area contributed by atoms with E-state index in [-0.39, 0.29) is 6.54 Å². The molecular formula is C20H24IN5O3. The van der Waals surface area contributed by atoms with Crippen molar-refractivity contribution in [1.82, 2.24) is 14.5 Å². The van der Waals surface area contributed by atoms with E-state index < -0.39 is 11.7 Å². The maximum atomic E-state index is 13.1. The average molecular weight is 509 g/mol. The van der Waals surface area contributed by atoms with E-state index in [1.165, 1.54) is 4.90 Å². The maximum Gasteiger partial charge on any atom is 0.416 e. The van der Waals surface area contributed by atoms with Crippen LogP contribution in [0.1, 0.15) is 26.3 Å². The number of fused-ring (bicyclic) bond motifs is 1. The van der Waals surface area contributed by atoms with E-state index in [4.69, 9.17) is 15.2 Å². The number of carbonyl (C=O) groups is 1. The van der Waals surface area contributed by atoms with Gasteiger partial charge in [0.15, 0.2) is 5.82 Å². The minimum atomic E-state index is -0.660. The van der Waals surface area contributed by atoms with Gasteiger partial charge in [-0.1, -0.05) is 12.1 Å². The standard InChI is InChI=1S/C20H24IN5O3/c1-20(2,3)29-19(27)26(10-12-6-8-13(28-5)9-7-12)18-15-16(25(4)11-23-15)14(21)17(22)24-18/h6-9,11H,10H2,1-5H3,(H2,22,24). The number of carbonyl (C=O) groups excluding carboxylic acids is 1. The Balaban J connectivity index is 2.11. The lowest BCUT2D eigenvalue weighted by atomic mass is 10.2. The molecule has 2 N–H and O–H groups in total. The predicted octanol–water partition coefficient (Wildman–Crippen LogP) is 4.11. The lowest BCUT2D eigenvalue weighted by Crippen LogP contribution is -2.37. The number of rotatable bonds is 4. The van der Waals surface area contributed by atoms with Crippen molar-refractivity contribution >= 4 is 51.4 Å². The monoisotopic (exact) mass is 509 g/mol. The third-order valence-corrected chi connectivity index (χ3v) is 5.24. The number of hydrogen-bond acceptors (Lipinski definition) is 6. The molecule has 0 aliphatic heterocycles. The Morgan fingerprint density at radius 1 is 1.28 bits per heavy atom. The molecule has 29 heavy (non-hydrogen) atoms. The summed E-state index contributed by atoms with van der Waals surface area (Å²) in [5, 5.41) is 0. The quantitative estimate of drug-likeness (QED) is 0.533. The van der Waals surface area contributed by atoms with Crippen LogP contribution in [0.4, 0.5) is 16.4 Å². The highest BCUT2D eigenvalue weighted by Gasteiger charge is 2.28. The highest BCUT2D eigenvalue weighted by atomic mass is 127. The minimum absolute atomic E-state index is 0.248. The molecule has 8 nitrogen and oxygen atoms in total. The van der Waals surface area contributed by atoms with Gasteiger partial charge in [0.1, 0.15) is 22.7 Å². The number of hydrogen-bond donors (Lipinski definition) is 1. The number of nitrogen functional groups attached to an aromatic ring is 1. The van der Waals surface area contributed by atoms with Gasteiger partial charge in [-0.3, -0.25) is 4.90 Å². The van der Waals surface area contributed by atoms with Crippen molar-refractivity contribution in [1.29, 1.82) is 0 Å². The predicted molar refractivity (Wildman–Crippen MR) is 121 cm³/mol. The van der Waals surface area contributed by atoms with Gasteiger partial charge < -0.3 is 19.8 Å². The largest absolute Gasteiger partial charge is 0.497 e. The van der Waals surface area contributed by atoms with Crippen LogP contribution in [0, 0.1) is 3.57 Å². The second-order valence-electron chi connectivity index (χ2n) is 7.60. The van der Waals surface area contributed by atoms with Gasteiger partial charge in [0.25, 0.3) is 0 Å². The molecule has 0 radical (unpaired) electrons. The maximum absolute atomic E-state index is 13.1. The number of benzene rings is 1. The molecule has 2 aromatic heterocycles. The number of ether oxygens (including phenoxy) is 2. The van der Waals surface area contributed by atoms with E-state index in [0.29, 0.717) is 17.2 Å². The first-order valence-corrected chi connectivity index (χ1v) is 10.1. The van der Waals surface area contributed by atoms with Crippen molar-refractivity contribution in [3.63, 3.8) is 0 Å². The summed E-state index contributed by atoms with van der Waals surface area (Å²) in [6.45, 7) is 5.71. The van der Waals surface area contributed by atoms with Crippen LogP contribution in [0.15, 0.2) is 30.6 Å². The molecule has 3 aromatic rings. The fraction of sp³-hybridized carbons (Fsp3) is 0.350. The number of methoxy groups -OCH3 is 1. The molecule has 1 amide bonds. The van der Waals surface area contributed by atoms with E-state index >= 15 is 0 Å². The van der Waals surface area contributed by atoms with Crippen molar-refractivity contribution in [3.8, 4) is 5.75 Å². The summed E-state index contributed by atoms with van der Waals surface area (Å²) in [6, 6.07) is 7.47. The van der Waals surface area contributed by atoms with Gasteiger partial charge in [0.2, 0.25) is 0 Å². The van der Waals surface area contributed by atoms with Crippen LogP contribution in [-0.2, 0) is 18.3 Å². The summed E-state index contributed by atoms with van der Waals surface area (Å²) >= 11 is 2.14. The van der Waals surface area contributed by atoms with Crippen LogP contribution in [0.3, 0.4) is 0 Å². The zero-order valence-electron chi connectivity index (χ0n) is 17.1. The van der Waals surface area contributed by atoms with Crippen molar-refractivity contribution in [2.24, 2.45) is 7.05 Å². The van der Waals surface area contributed by atoms with Gasteiger partial charge in [-0.05, 0) is 61.1 Å². The zero-order chi connectivity index (χ0) is 21.3. The zero-order valence-corrected chi connectivity index (χ0v) is 19.2. The van der Waals surface area contributed by atoms with Crippen LogP contribution >= 0.6 is 22.6 Å². The van der Waals surface area contributed by atoms with Gasteiger partial charge in [-0.25, -0.2) is 14.8 Å². The van der Waals surface area contributed by atoms with E-state index in [1.54, 1.807) is 13.4 Å². The highest BCUT2D eigenvalue weighted by molar-refractivity contribution is 14.1. The molecule has 1 aromatic carbocycles. The Hall–Kier alpha value is -2.56. The minimum Gasteiger partial charge on any atom is -0.497 e. The lowest BCUT2D eigenvalue weighted by molar-refractivity contribution is 0.0577. The van der Waals surface area contributed by atoms with Gasteiger partial charge >= 0.3 is 6.09 Å². The van der Waals surface area contributed by atoms with E-state index in [1.807, 2.05) is 56.7 Å². The third-order valence-electron chi connectivity index (χ3n) is 4.18. The van der Waals surface area contributed by atoms with Crippen molar-refractivity contribution in [3.05, 3.63) is 39.7 Å². The first-order chi connectivity index (χ1) is 13.6. The molecule has 0 aliphatic rings. The number of aryl methyl sites for hydroxylation is 1. The molecular weight excluding hydrogens is 485 g/mol. The molecule has 9 heteroatoms. The summed E-state index contributed by atoms with van der Waals surface area (Å²) in [4.78, 5) is 23.5. The number of amides is 1. The van der Waals surface area contributed by atoms with Crippen LogP contribution in [0.2, 0.25) is 0 Å². The molecule has 0 aliphatic carbocycles. The number of aromatic nitrogens is 3. The Morgan fingerprint density at radius 2 is 1.93 bits per heavy atom. The first kappa shape index (κ1) is 21.2. The second kappa shape index (κ2) is 8.05. The fourth-order valence-electron chi connectivity index (χ4n) is 2.83. The van der Waals surface area contributed by atoms with Crippen molar-refractivity contribution in [2.75, 3.05) is 17.7 Å². The Bertz CT molecular complexity index is 1040. The van der Waals surface area contributed by atoms with Crippen molar-refractivity contribution in [2.45, 2.75) is 32.9 Å². The third kappa shape index (κ3) is 4.55. The van der Waals surface area contributed by atoms with Gasteiger partial charge in [0, 0.05) is 7.05 Å². The summed E-state index contributed by atoms with van der Waals surface area (Å²) in [5.41, 5.74) is 7.79. The topological polar surface area (TPSA) is 95.5 Å². The molecule has 0 saturated heterocycles. The van der Waals surface area contributed by atoms with Crippen molar-refractivity contribution < 1.29 is 14.3 Å². The van der Waals surface area contributed by atoms with E-state index in [2.05, 4.69) is 32.6 Å². The SMILES string of the molecule is COc1ccc(CN(C(=O)OC(C)(C)C)c2nc(N)c(I)c3c2ncn3C)cc1. The summed E-state index contributed by atoms with van der Waals surface area (Å²) in [5.74, 6) is 1.44. The van der Waals surface area contributed by atoms with Crippen LogP contribution < -0.4 is 15.4 Å². The van der Waals surface area contributed by atoms with Crippen LogP contribution in [-0.4, -0.2) is 33.3 Å². The lowest BCUT2D eigenvalue weighted by Gasteiger charge is -2.27. The molecule has 0 spiro atoms. The van der Waals surface area contributed by atoms with Crippen LogP contribution in [0.25, 0.3) is 11.0 Å². The Labute approximate surface area is 183 Å². The molecule has 0 fully saturated rings. The number of imidazole rings is 1. The molecule has 154 valence electrons. The Kier molecular flexibility index (Phi) is 5.87. The number of nitrogens with two attached hydrogens (primary N) is 1. The first-order valence-electron chi connectivity index (χ1n) is 9.00. The second-order valence-corrected chi connectivity index (χ2v) is 8.68. The number of halogens is 1. The summed E-state index contributed by atoms with van der Waals surface area (Å²) in [6.07, 6.45) is 1.16. The summed E-state index contributed by atoms with van der Waals surface area (Å²) < 4.78 is 13.5. The average Bonchev–Trinajstić information content (AvgIpc) is 3.04. The highest BCUT2D eigenvalue weighted by Crippen LogP contribution is 2.32. The molecule has 0 bridgehead atoms. The van der Waals surface area contributed by atoms with Gasteiger partial charge in [0.05, 0.1) is 29.1 Å². The normalized spacial score (nSPS) is 11.5. The van der Waals surface area contributed by atoms with E-state index in [0.717, 1.165) is 20.4 Å². The summed E-state index contributed by atoms with van der Waals surface area (Å²) in [7, 11) is 3.49. The number of pyridine rings is 1. The molecule has 0 saturated carbocycles.